The van der Waals surface area contributed by atoms with Crippen LogP contribution in [0.25, 0.3) is 0 Å². The fraction of sp³-hybridized carbons (Fsp3) is 0.105. The van der Waals surface area contributed by atoms with Gasteiger partial charge in [0.1, 0.15) is 11.6 Å². The van der Waals surface area contributed by atoms with Gasteiger partial charge in [-0.15, -0.1) is 11.3 Å². The molecule has 0 saturated heterocycles. The zero-order valence-electron chi connectivity index (χ0n) is 13.2. The van der Waals surface area contributed by atoms with E-state index < -0.39 is 5.82 Å². The molecule has 1 heterocycles. The lowest BCUT2D eigenvalue weighted by Gasteiger charge is -2.18. The number of amides is 1. The minimum Gasteiger partial charge on any atom is -0.322 e. The molecule has 0 bridgehead atoms. The highest BCUT2D eigenvalue weighted by Crippen LogP contribution is 2.26. The van der Waals surface area contributed by atoms with Gasteiger partial charge >= 0.3 is 0 Å². The molecule has 3 rings (SSSR count). The number of para-hydroxylation sites is 1. The van der Waals surface area contributed by atoms with Gasteiger partial charge in [0, 0.05) is 4.88 Å². The Labute approximate surface area is 148 Å². The average Bonchev–Trinajstić information content (AvgIpc) is 3.13. The van der Waals surface area contributed by atoms with E-state index in [0.29, 0.717) is 0 Å². The lowest BCUT2D eigenvalue weighted by atomic mass is 10.1. The Morgan fingerprint density at radius 3 is 2.44 bits per heavy atom. The van der Waals surface area contributed by atoms with Crippen molar-refractivity contribution < 1.29 is 13.6 Å². The van der Waals surface area contributed by atoms with Crippen molar-refractivity contribution in [3.8, 4) is 0 Å². The quantitative estimate of drug-likeness (QED) is 0.688. The van der Waals surface area contributed by atoms with Crippen molar-refractivity contribution in [2.24, 2.45) is 0 Å². The van der Waals surface area contributed by atoms with Crippen molar-refractivity contribution in [1.82, 2.24) is 5.32 Å². The van der Waals surface area contributed by atoms with Crippen LogP contribution in [-0.2, 0) is 4.79 Å². The number of hydrogen-bond acceptors (Lipinski definition) is 3. The van der Waals surface area contributed by atoms with Crippen LogP contribution < -0.4 is 10.6 Å². The zero-order valence-corrected chi connectivity index (χ0v) is 14.0. The number of benzene rings is 2. The Kier molecular flexibility index (Phi) is 5.53. The minimum atomic E-state index is -0.482. The molecule has 2 N–H and O–H groups in total. The summed E-state index contributed by atoms with van der Waals surface area (Å²) >= 11 is 1.54. The van der Waals surface area contributed by atoms with Gasteiger partial charge in [-0.1, -0.05) is 30.3 Å². The Morgan fingerprint density at radius 2 is 1.76 bits per heavy atom. The SMILES string of the molecule is O=C(CN[C@H](c1ccc(F)cc1)c1cccs1)Nc1ccccc1F. The highest BCUT2D eigenvalue weighted by atomic mass is 32.1. The van der Waals surface area contributed by atoms with Gasteiger partial charge < -0.3 is 5.32 Å². The van der Waals surface area contributed by atoms with E-state index in [4.69, 9.17) is 0 Å². The van der Waals surface area contributed by atoms with E-state index in [1.54, 1.807) is 35.6 Å². The van der Waals surface area contributed by atoms with Crippen molar-refractivity contribution >= 4 is 22.9 Å². The number of hydrogen-bond donors (Lipinski definition) is 2. The van der Waals surface area contributed by atoms with Gasteiger partial charge in [0.25, 0.3) is 0 Å². The van der Waals surface area contributed by atoms with Gasteiger partial charge in [0.15, 0.2) is 0 Å². The van der Waals surface area contributed by atoms with Crippen molar-refractivity contribution in [3.63, 3.8) is 0 Å². The van der Waals surface area contributed by atoms with Crippen LogP contribution in [-0.4, -0.2) is 12.5 Å². The summed E-state index contributed by atoms with van der Waals surface area (Å²) in [4.78, 5) is 13.1. The second-order valence-corrected chi connectivity index (χ2v) is 6.39. The van der Waals surface area contributed by atoms with E-state index in [1.807, 2.05) is 17.5 Å². The number of anilines is 1. The van der Waals surface area contributed by atoms with Gasteiger partial charge in [-0.3, -0.25) is 10.1 Å². The summed E-state index contributed by atoms with van der Waals surface area (Å²) < 4.78 is 26.8. The topological polar surface area (TPSA) is 41.1 Å². The van der Waals surface area contributed by atoms with Crippen molar-refractivity contribution in [2.75, 3.05) is 11.9 Å². The third kappa shape index (κ3) is 4.49. The van der Waals surface area contributed by atoms with E-state index in [2.05, 4.69) is 10.6 Å². The van der Waals surface area contributed by atoms with Gasteiger partial charge in [0.2, 0.25) is 5.91 Å². The summed E-state index contributed by atoms with van der Waals surface area (Å²) in [7, 11) is 0. The molecular formula is C19H16F2N2OS. The van der Waals surface area contributed by atoms with Crippen LogP contribution in [0.5, 0.6) is 0 Å². The van der Waals surface area contributed by atoms with Crippen LogP contribution in [0.4, 0.5) is 14.5 Å². The lowest BCUT2D eigenvalue weighted by molar-refractivity contribution is -0.115. The van der Waals surface area contributed by atoms with Gasteiger partial charge in [-0.05, 0) is 41.3 Å². The van der Waals surface area contributed by atoms with E-state index in [9.17, 15) is 13.6 Å². The number of carbonyl (C=O) groups excluding carboxylic acids is 1. The van der Waals surface area contributed by atoms with Crippen LogP contribution in [0.3, 0.4) is 0 Å². The number of nitrogens with one attached hydrogen (secondary N) is 2. The Bertz CT molecular complexity index is 835. The highest BCUT2D eigenvalue weighted by Gasteiger charge is 2.16. The third-order valence-corrected chi connectivity index (χ3v) is 4.58. The van der Waals surface area contributed by atoms with Crippen LogP contribution in [0.1, 0.15) is 16.5 Å². The predicted molar refractivity (Wildman–Crippen MR) is 95.6 cm³/mol. The minimum absolute atomic E-state index is 0.00568. The van der Waals surface area contributed by atoms with E-state index in [0.717, 1.165) is 10.4 Å². The molecule has 3 aromatic rings. The van der Waals surface area contributed by atoms with Crippen LogP contribution in [0.2, 0.25) is 0 Å². The summed E-state index contributed by atoms with van der Waals surface area (Å²) in [5, 5.41) is 7.63. The fourth-order valence-corrected chi connectivity index (χ4v) is 3.27. The van der Waals surface area contributed by atoms with Crippen LogP contribution >= 0.6 is 11.3 Å². The number of halogens is 2. The lowest BCUT2D eigenvalue weighted by Crippen LogP contribution is -2.31. The zero-order chi connectivity index (χ0) is 17.6. The second kappa shape index (κ2) is 8.00. The van der Waals surface area contributed by atoms with Crippen molar-refractivity contribution in [2.45, 2.75) is 6.04 Å². The Balaban J connectivity index is 1.70. The van der Waals surface area contributed by atoms with Crippen LogP contribution in [0.15, 0.2) is 66.0 Å². The molecule has 0 aliphatic rings. The molecule has 1 amide bonds. The molecular weight excluding hydrogens is 342 g/mol. The molecule has 0 aliphatic heterocycles. The smallest absolute Gasteiger partial charge is 0.238 e. The van der Waals surface area contributed by atoms with E-state index in [1.165, 1.54) is 24.3 Å². The van der Waals surface area contributed by atoms with Gasteiger partial charge in [0.05, 0.1) is 18.3 Å². The summed E-state index contributed by atoms with van der Waals surface area (Å²) in [6.07, 6.45) is 0. The highest BCUT2D eigenvalue weighted by molar-refractivity contribution is 7.10. The fourth-order valence-electron chi connectivity index (χ4n) is 2.45. The summed E-state index contributed by atoms with van der Waals surface area (Å²) in [5.74, 6) is -1.15. The van der Waals surface area contributed by atoms with Crippen molar-refractivity contribution in [3.05, 3.63) is 88.1 Å². The monoisotopic (exact) mass is 358 g/mol. The van der Waals surface area contributed by atoms with Crippen LogP contribution in [0, 0.1) is 11.6 Å². The first-order chi connectivity index (χ1) is 12.1. The number of carbonyl (C=O) groups is 1. The molecule has 0 spiro atoms. The van der Waals surface area contributed by atoms with Crippen molar-refractivity contribution in [1.29, 1.82) is 0 Å². The number of rotatable bonds is 6. The first kappa shape index (κ1) is 17.3. The second-order valence-electron chi connectivity index (χ2n) is 5.41. The molecule has 2 aromatic carbocycles. The van der Waals surface area contributed by atoms with Gasteiger partial charge in [-0.25, -0.2) is 8.78 Å². The maximum Gasteiger partial charge on any atom is 0.238 e. The largest absolute Gasteiger partial charge is 0.322 e. The number of thiophene rings is 1. The third-order valence-electron chi connectivity index (χ3n) is 3.65. The molecule has 0 fully saturated rings. The predicted octanol–water partition coefficient (Wildman–Crippen LogP) is 4.34. The molecule has 128 valence electrons. The molecule has 6 heteroatoms. The summed E-state index contributed by atoms with van der Waals surface area (Å²) in [6, 6.07) is 15.8. The summed E-state index contributed by atoms with van der Waals surface area (Å²) in [6.45, 7) is -0.00568. The van der Waals surface area contributed by atoms with E-state index in [-0.39, 0.29) is 30.0 Å². The standard InChI is InChI=1S/C19H16F2N2OS/c20-14-9-7-13(8-10-14)19(17-6-3-11-25-17)22-12-18(24)23-16-5-2-1-4-15(16)21/h1-11,19,22H,12H2,(H,23,24)/t19-/m1/s1. The Hall–Kier alpha value is -2.57. The molecule has 25 heavy (non-hydrogen) atoms. The molecule has 3 nitrogen and oxygen atoms in total. The van der Waals surface area contributed by atoms with E-state index >= 15 is 0 Å². The molecule has 0 unspecified atom stereocenters. The Morgan fingerprint density at radius 1 is 1.00 bits per heavy atom. The normalized spacial score (nSPS) is 11.9. The van der Waals surface area contributed by atoms with Gasteiger partial charge in [-0.2, -0.15) is 0 Å². The molecule has 0 saturated carbocycles. The maximum absolute atomic E-state index is 13.6. The molecule has 0 radical (unpaired) electrons. The molecule has 0 aliphatic carbocycles. The average molecular weight is 358 g/mol. The summed E-state index contributed by atoms with van der Waals surface area (Å²) in [5.41, 5.74) is 0.992. The maximum atomic E-state index is 13.6. The molecule has 1 atom stereocenters. The molecule has 1 aromatic heterocycles. The first-order valence-corrected chi connectivity index (χ1v) is 8.58. The first-order valence-electron chi connectivity index (χ1n) is 7.70.